The standard InChI is InChI=1S/C22H26ClN3O2S/c1-22(2,3)21(28)25-16-6-4-5-15(13-16)20(27)24-17-7-8-19(18(23)14-17)26-9-11-29-12-10-26/h4-8,13-14H,9-12H2,1-3H3,(H,24,27)(H,25,28). The number of anilines is 3. The van der Waals surface area contributed by atoms with Crippen LogP contribution in [0.2, 0.25) is 5.02 Å². The van der Waals surface area contributed by atoms with Crippen molar-refractivity contribution in [2.75, 3.05) is 40.1 Å². The quantitative estimate of drug-likeness (QED) is 0.704. The van der Waals surface area contributed by atoms with E-state index in [1.807, 2.05) is 44.7 Å². The third-order valence-electron chi connectivity index (χ3n) is 4.62. The number of halogens is 1. The lowest BCUT2D eigenvalue weighted by atomic mass is 9.95. The Bertz CT molecular complexity index is 905. The Labute approximate surface area is 181 Å². The Balaban J connectivity index is 1.69. The van der Waals surface area contributed by atoms with Crippen LogP contribution >= 0.6 is 23.4 Å². The van der Waals surface area contributed by atoms with E-state index >= 15 is 0 Å². The molecule has 1 aliphatic heterocycles. The summed E-state index contributed by atoms with van der Waals surface area (Å²) < 4.78 is 0. The Morgan fingerprint density at radius 2 is 1.69 bits per heavy atom. The molecule has 1 heterocycles. The highest BCUT2D eigenvalue weighted by atomic mass is 35.5. The van der Waals surface area contributed by atoms with Gasteiger partial charge in [-0.25, -0.2) is 0 Å². The molecule has 0 radical (unpaired) electrons. The second-order valence-electron chi connectivity index (χ2n) is 8.00. The number of benzene rings is 2. The van der Waals surface area contributed by atoms with Crippen LogP contribution in [0.1, 0.15) is 31.1 Å². The van der Waals surface area contributed by atoms with E-state index in [1.165, 1.54) is 0 Å². The summed E-state index contributed by atoms with van der Waals surface area (Å²) >= 11 is 8.42. The Kier molecular flexibility index (Phi) is 6.75. The molecule has 1 saturated heterocycles. The Morgan fingerprint density at radius 3 is 2.34 bits per heavy atom. The monoisotopic (exact) mass is 431 g/mol. The fraction of sp³-hybridized carbons (Fsp3) is 0.364. The number of thioether (sulfide) groups is 1. The summed E-state index contributed by atoms with van der Waals surface area (Å²) in [7, 11) is 0. The SMILES string of the molecule is CC(C)(C)C(=O)Nc1cccc(C(=O)Nc2ccc(N3CCSCC3)c(Cl)c2)c1. The smallest absolute Gasteiger partial charge is 0.255 e. The topological polar surface area (TPSA) is 61.4 Å². The van der Waals surface area contributed by atoms with Gasteiger partial charge in [-0.05, 0) is 36.4 Å². The zero-order chi connectivity index (χ0) is 21.0. The van der Waals surface area contributed by atoms with Gasteiger partial charge in [0.15, 0.2) is 0 Å². The van der Waals surface area contributed by atoms with Crippen molar-refractivity contribution in [3.63, 3.8) is 0 Å². The normalized spacial score (nSPS) is 14.4. The van der Waals surface area contributed by atoms with Gasteiger partial charge in [0.05, 0.1) is 10.7 Å². The van der Waals surface area contributed by atoms with Crippen LogP contribution in [0.3, 0.4) is 0 Å². The fourth-order valence-corrected chi connectivity index (χ4v) is 4.11. The number of rotatable bonds is 4. The van der Waals surface area contributed by atoms with Crippen molar-refractivity contribution in [1.82, 2.24) is 0 Å². The van der Waals surface area contributed by atoms with Crippen molar-refractivity contribution in [3.05, 3.63) is 53.1 Å². The van der Waals surface area contributed by atoms with Crippen LogP contribution in [0.5, 0.6) is 0 Å². The predicted molar refractivity (Wildman–Crippen MR) is 123 cm³/mol. The molecule has 1 aliphatic rings. The van der Waals surface area contributed by atoms with Crippen LogP contribution in [-0.4, -0.2) is 36.4 Å². The van der Waals surface area contributed by atoms with E-state index in [0.29, 0.717) is 22.0 Å². The van der Waals surface area contributed by atoms with Gasteiger partial charge in [0.2, 0.25) is 5.91 Å². The molecular formula is C22H26ClN3O2S. The highest BCUT2D eigenvalue weighted by Crippen LogP contribution is 2.30. The summed E-state index contributed by atoms with van der Waals surface area (Å²) in [5.41, 5.74) is 2.18. The molecule has 0 bridgehead atoms. The molecule has 2 aromatic rings. The molecule has 0 aromatic heterocycles. The zero-order valence-electron chi connectivity index (χ0n) is 16.9. The number of nitrogens with zero attached hydrogens (tertiary/aromatic N) is 1. The second kappa shape index (κ2) is 9.09. The van der Waals surface area contributed by atoms with Crippen molar-refractivity contribution < 1.29 is 9.59 Å². The number of nitrogens with one attached hydrogen (secondary N) is 2. The number of carbonyl (C=O) groups is 2. The predicted octanol–water partition coefficient (Wildman–Crippen LogP) is 5.13. The third kappa shape index (κ3) is 5.67. The van der Waals surface area contributed by atoms with Gasteiger partial charge in [-0.2, -0.15) is 11.8 Å². The van der Waals surface area contributed by atoms with Gasteiger partial charge in [0.25, 0.3) is 5.91 Å². The van der Waals surface area contributed by atoms with Gasteiger partial charge < -0.3 is 15.5 Å². The van der Waals surface area contributed by atoms with E-state index < -0.39 is 5.41 Å². The molecule has 0 spiro atoms. The van der Waals surface area contributed by atoms with Crippen molar-refractivity contribution in [2.45, 2.75) is 20.8 Å². The van der Waals surface area contributed by atoms with Gasteiger partial charge in [0.1, 0.15) is 0 Å². The second-order valence-corrected chi connectivity index (χ2v) is 9.64. The van der Waals surface area contributed by atoms with Crippen molar-refractivity contribution >= 4 is 52.2 Å². The minimum atomic E-state index is -0.510. The summed E-state index contributed by atoms with van der Waals surface area (Å²) in [6.45, 7) is 7.48. The highest BCUT2D eigenvalue weighted by molar-refractivity contribution is 7.99. The molecule has 5 nitrogen and oxygen atoms in total. The lowest BCUT2D eigenvalue weighted by Gasteiger charge is -2.29. The van der Waals surface area contributed by atoms with Crippen LogP contribution in [0, 0.1) is 5.41 Å². The van der Waals surface area contributed by atoms with Crippen LogP contribution in [0.4, 0.5) is 17.1 Å². The van der Waals surface area contributed by atoms with E-state index in [-0.39, 0.29) is 11.8 Å². The first kappa shape index (κ1) is 21.5. The molecule has 2 amide bonds. The summed E-state index contributed by atoms with van der Waals surface area (Å²) in [5, 5.41) is 6.35. The molecule has 0 saturated carbocycles. The van der Waals surface area contributed by atoms with E-state index in [2.05, 4.69) is 15.5 Å². The number of hydrogen-bond acceptors (Lipinski definition) is 4. The first-order chi connectivity index (χ1) is 13.7. The largest absolute Gasteiger partial charge is 0.369 e. The minimum Gasteiger partial charge on any atom is -0.369 e. The van der Waals surface area contributed by atoms with E-state index in [1.54, 1.807) is 30.3 Å². The summed E-state index contributed by atoms with van der Waals surface area (Å²) in [6, 6.07) is 12.5. The van der Waals surface area contributed by atoms with Crippen molar-refractivity contribution in [1.29, 1.82) is 0 Å². The fourth-order valence-electron chi connectivity index (χ4n) is 2.91. The number of carbonyl (C=O) groups excluding carboxylic acids is 2. The Hall–Kier alpha value is -2.18. The molecule has 29 heavy (non-hydrogen) atoms. The van der Waals surface area contributed by atoms with E-state index in [4.69, 9.17) is 11.6 Å². The molecule has 0 unspecified atom stereocenters. The number of amides is 2. The maximum atomic E-state index is 12.7. The van der Waals surface area contributed by atoms with Gasteiger partial charge in [-0.1, -0.05) is 38.4 Å². The van der Waals surface area contributed by atoms with Crippen molar-refractivity contribution in [3.8, 4) is 0 Å². The molecule has 3 rings (SSSR count). The van der Waals surface area contributed by atoms with Crippen LogP contribution in [0.25, 0.3) is 0 Å². The maximum absolute atomic E-state index is 12.7. The molecular weight excluding hydrogens is 406 g/mol. The first-order valence-electron chi connectivity index (χ1n) is 9.59. The summed E-state index contributed by atoms with van der Waals surface area (Å²) in [5.74, 6) is 1.83. The van der Waals surface area contributed by atoms with Crippen LogP contribution in [-0.2, 0) is 4.79 Å². The van der Waals surface area contributed by atoms with Gasteiger partial charge in [-0.15, -0.1) is 0 Å². The van der Waals surface area contributed by atoms with Crippen molar-refractivity contribution in [2.24, 2.45) is 5.41 Å². The summed E-state index contributed by atoms with van der Waals surface area (Å²) in [6.07, 6.45) is 0. The molecule has 7 heteroatoms. The van der Waals surface area contributed by atoms with Gasteiger partial charge in [0, 0.05) is 46.9 Å². The molecule has 2 aromatic carbocycles. The molecule has 2 N–H and O–H groups in total. The lowest BCUT2D eigenvalue weighted by molar-refractivity contribution is -0.123. The maximum Gasteiger partial charge on any atom is 0.255 e. The average Bonchev–Trinajstić information content (AvgIpc) is 2.68. The lowest BCUT2D eigenvalue weighted by Crippen LogP contribution is -2.32. The highest BCUT2D eigenvalue weighted by Gasteiger charge is 2.21. The first-order valence-corrected chi connectivity index (χ1v) is 11.1. The van der Waals surface area contributed by atoms with E-state index in [0.717, 1.165) is 30.3 Å². The molecule has 1 fully saturated rings. The third-order valence-corrected chi connectivity index (χ3v) is 5.87. The van der Waals surface area contributed by atoms with Gasteiger partial charge in [-0.3, -0.25) is 9.59 Å². The van der Waals surface area contributed by atoms with E-state index in [9.17, 15) is 9.59 Å². The Morgan fingerprint density at radius 1 is 1.00 bits per heavy atom. The van der Waals surface area contributed by atoms with Gasteiger partial charge >= 0.3 is 0 Å². The number of hydrogen-bond donors (Lipinski definition) is 2. The van der Waals surface area contributed by atoms with Crippen LogP contribution in [0.15, 0.2) is 42.5 Å². The molecule has 0 atom stereocenters. The average molecular weight is 432 g/mol. The summed E-state index contributed by atoms with van der Waals surface area (Å²) in [4.78, 5) is 27.1. The molecule has 154 valence electrons. The zero-order valence-corrected chi connectivity index (χ0v) is 18.5. The molecule has 0 aliphatic carbocycles. The van der Waals surface area contributed by atoms with Crippen LogP contribution < -0.4 is 15.5 Å². The minimum absolute atomic E-state index is 0.103.